The van der Waals surface area contributed by atoms with Crippen LogP contribution in [0, 0.1) is 0 Å². The van der Waals surface area contributed by atoms with Gasteiger partial charge in [-0.2, -0.15) is 5.01 Å². The maximum atomic E-state index is 11.8. The van der Waals surface area contributed by atoms with Crippen LogP contribution < -0.4 is 5.43 Å². The normalized spacial score (nSPS) is 13.8. The second-order valence-corrected chi connectivity index (χ2v) is 3.64. The van der Waals surface area contributed by atoms with Crippen LogP contribution >= 0.6 is 0 Å². The highest BCUT2D eigenvalue weighted by Gasteiger charge is 2.36. The number of carboxylic acid groups (broad SMARTS) is 1. The van der Waals surface area contributed by atoms with Crippen molar-refractivity contribution in [1.29, 1.82) is 0 Å². The quantitative estimate of drug-likeness (QED) is 0.586. The third-order valence-electron chi connectivity index (χ3n) is 2.39. The molecule has 96 valence electrons. The lowest BCUT2D eigenvalue weighted by atomic mass is 10.1. The number of amides is 3. The van der Waals surface area contributed by atoms with Gasteiger partial charge in [-0.15, -0.1) is 0 Å². The van der Waals surface area contributed by atoms with Gasteiger partial charge < -0.3 is 5.11 Å². The zero-order valence-corrected chi connectivity index (χ0v) is 9.49. The van der Waals surface area contributed by atoms with Crippen molar-refractivity contribution in [3.05, 3.63) is 47.5 Å². The molecule has 7 heteroatoms. The highest BCUT2D eigenvalue weighted by atomic mass is 16.4. The van der Waals surface area contributed by atoms with Crippen LogP contribution in [0.25, 0.3) is 0 Å². The van der Waals surface area contributed by atoms with Gasteiger partial charge in [-0.05, 0) is 12.1 Å². The Kier molecular flexibility index (Phi) is 3.11. The van der Waals surface area contributed by atoms with Crippen molar-refractivity contribution in [2.75, 3.05) is 0 Å². The van der Waals surface area contributed by atoms with Crippen molar-refractivity contribution in [3.8, 4) is 0 Å². The smallest absolute Gasteiger partial charge is 0.328 e. The summed E-state index contributed by atoms with van der Waals surface area (Å²) in [5, 5.41) is 8.91. The SMILES string of the molecule is O=C(O)/C=C\C(=O)NN1C(=O)c2ccccc2C1=O. The number of benzene rings is 1. The Labute approximate surface area is 107 Å². The molecule has 1 aromatic rings. The first-order valence-electron chi connectivity index (χ1n) is 5.20. The van der Waals surface area contributed by atoms with Crippen LogP contribution in [0.3, 0.4) is 0 Å². The molecule has 1 aliphatic rings. The fourth-order valence-electron chi connectivity index (χ4n) is 1.59. The molecule has 7 nitrogen and oxygen atoms in total. The molecule has 19 heavy (non-hydrogen) atoms. The molecule has 1 aromatic carbocycles. The molecule has 3 amide bonds. The minimum Gasteiger partial charge on any atom is -0.478 e. The van der Waals surface area contributed by atoms with Gasteiger partial charge in [-0.3, -0.25) is 19.8 Å². The van der Waals surface area contributed by atoms with Gasteiger partial charge >= 0.3 is 5.97 Å². The van der Waals surface area contributed by atoms with E-state index in [4.69, 9.17) is 5.11 Å². The number of hydrogen-bond acceptors (Lipinski definition) is 4. The monoisotopic (exact) mass is 260 g/mol. The van der Waals surface area contributed by atoms with Crippen molar-refractivity contribution in [1.82, 2.24) is 10.4 Å². The Morgan fingerprint density at radius 2 is 1.58 bits per heavy atom. The lowest BCUT2D eigenvalue weighted by molar-refractivity contribution is -0.131. The van der Waals surface area contributed by atoms with Gasteiger partial charge in [-0.25, -0.2) is 4.79 Å². The third kappa shape index (κ3) is 2.34. The van der Waals surface area contributed by atoms with Crippen molar-refractivity contribution < 1.29 is 24.3 Å². The summed E-state index contributed by atoms with van der Waals surface area (Å²) in [6, 6.07) is 6.13. The first-order valence-corrected chi connectivity index (χ1v) is 5.20. The molecular formula is C12H8N2O5. The molecule has 0 saturated carbocycles. The average molecular weight is 260 g/mol. The maximum absolute atomic E-state index is 11.8. The van der Waals surface area contributed by atoms with Crippen molar-refractivity contribution >= 4 is 23.7 Å². The highest BCUT2D eigenvalue weighted by Crippen LogP contribution is 2.20. The average Bonchev–Trinajstić information content (AvgIpc) is 2.62. The number of carbonyl (C=O) groups excluding carboxylic acids is 3. The minimum atomic E-state index is -1.31. The Hall–Kier alpha value is -2.96. The molecule has 1 aliphatic heterocycles. The van der Waals surface area contributed by atoms with E-state index in [1.54, 1.807) is 12.1 Å². The number of carboxylic acids is 1. The van der Waals surface area contributed by atoms with Crippen molar-refractivity contribution in [2.24, 2.45) is 0 Å². The van der Waals surface area contributed by atoms with E-state index in [1.807, 2.05) is 5.43 Å². The number of carbonyl (C=O) groups is 4. The maximum Gasteiger partial charge on any atom is 0.328 e. The topological polar surface area (TPSA) is 104 Å². The lowest BCUT2D eigenvalue weighted by Crippen LogP contribution is -2.45. The predicted molar refractivity (Wildman–Crippen MR) is 61.9 cm³/mol. The molecule has 0 bridgehead atoms. The molecule has 0 spiro atoms. The van der Waals surface area contributed by atoms with Crippen LogP contribution in [0.1, 0.15) is 20.7 Å². The summed E-state index contributed by atoms with van der Waals surface area (Å²) in [6.45, 7) is 0. The van der Waals surface area contributed by atoms with Crippen LogP contribution in [-0.2, 0) is 9.59 Å². The fourth-order valence-corrected chi connectivity index (χ4v) is 1.59. The predicted octanol–water partition coefficient (Wildman–Crippen LogP) is -0.0454. The molecule has 2 N–H and O–H groups in total. The summed E-state index contributed by atoms with van der Waals surface area (Å²) in [4.78, 5) is 45.2. The van der Waals surface area contributed by atoms with Crippen LogP contribution in [-0.4, -0.2) is 33.8 Å². The van der Waals surface area contributed by atoms with Crippen LogP contribution in [0.2, 0.25) is 0 Å². The van der Waals surface area contributed by atoms with Gasteiger partial charge in [-0.1, -0.05) is 12.1 Å². The van der Waals surface area contributed by atoms with Gasteiger partial charge in [0.2, 0.25) is 0 Å². The molecule has 0 aliphatic carbocycles. The Morgan fingerprint density at radius 3 is 2.05 bits per heavy atom. The number of nitrogens with zero attached hydrogens (tertiary/aromatic N) is 1. The largest absolute Gasteiger partial charge is 0.478 e. The summed E-state index contributed by atoms with van der Waals surface area (Å²) in [6.07, 6.45) is 1.32. The molecule has 0 fully saturated rings. The second kappa shape index (κ2) is 4.73. The summed E-state index contributed by atoms with van der Waals surface area (Å²) in [5.74, 6) is -3.50. The number of fused-ring (bicyclic) bond motifs is 1. The number of hydrogen-bond donors (Lipinski definition) is 2. The number of nitrogens with one attached hydrogen (secondary N) is 1. The Balaban J connectivity index is 2.17. The summed E-state index contributed by atoms with van der Waals surface area (Å²) in [7, 11) is 0. The summed E-state index contributed by atoms with van der Waals surface area (Å²) in [5.41, 5.74) is 2.41. The molecule has 0 radical (unpaired) electrons. The zero-order chi connectivity index (χ0) is 14.0. The van der Waals surface area contributed by atoms with Gasteiger partial charge in [0, 0.05) is 12.2 Å². The van der Waals surface area contributed by atoms with Crippen molar-refractivity contribution in [2.45, 2.75) is 0 Å². The summed E-state index contributed by atoms with van der Waals surface area (Å²) < 4.78 is 0. The molecular weight excluding hydrogens is 252 g/mol. The van der Waals surface area contributed by atoms with Gasteiger partial charge in [0.25, 0.3) is 17.7 Å². The van der Waals surface area contributed by atoms with E-state index in [0.717, 1.165) is 0 Å². The Bertz CT molecular complexity index is 585. The van der Waals surface area contributed by atoms with E-state index >= 15 is 0 Å². The van der Waals surface area contributed by atoms with E-state index < -0.39 is 23.7 Å². The standard InChI is InChI=1S/C12H8N2O5/c15-9(5-6-10(16)17)13-14-11(18)7-3-1-2-4-8(7)12(14)19/h1-6H,(H,13,15)(H,16,17)/b6-5-. The molecule has 0 aromatic heterocycles. The third-order valence-corrected chi connectivity index (χ3v) is 2.39. The van der Waals surface area contributed by atoms with E-state index in [1.165, 1.54) is 12.1 Å². The Morgan fingerprint density at radius 1 is 1.05 bits per heavy atom. The van der Waals surface area contributed by atoms with E-state index in [-0.39, 0.29) is 11.1 Å². The number of imide groups is 1. The van der Waals surface area contributed by atoms with Crippen LogP contribution in [0.5, 0.6) is 0 Å². The van der Waals surface area contributed by atoms with Crippen molar-refractivity contribution in [3.63, 3.8) is 0 Å². The van der Waals surface area contributed by atoms with E-state index in [0.29, 0.717) is 17.2 Å². The second-order valence-electron chi connectivity index (χ2n) is 3.64. The fraction of sp³-hybridized carbons (Fsp3) is 0. The molecule has 0 unspecified atom stereocenters. The molecule has 0 saturated heterocycles. The lowest BCUT2D eigenvalue weighted by Gasteiger charge is -2.13. The summed E-state index contributed by atoms with van der Waals surface area (Å²) >= 11 is 0. The van der Waals surface area contributed by atoms with Gasteiger partial charge in [0.1, 0.15) is 0 Å². The molecule has 2 rings (SSSR count). The van der Waals surface area contributed by atoms with E-state index in [9.17, 15) is 19.2 Å². The van der Waals surface area contributed by atoms with Crippen LogP contribution in [0.4, 0.5) is 0 Å². The number of hydrazine groups is 1. The highest BCUT2D eigenvalue weighted by molar-refractivity contribution is 6.21. The number of rotatable bonds is 3. The van der Waals surface area contributed by atoms with Crippen LogP contribution in [0.15, 0.2) is 36.4 Å². The minimum absolute atomic E-state index is 0.190. The molecule has 0 atom stereocenters. The zero-order valence-electron chi connectivity index (χ0n) is 9.49. The van der Waals surface area contributed by atoms with Gasteiger partial charge in [0.15, 0.2) is 0 Å². The first-order chi connectivity index (χ1) is 9.00. The van der Waals surface area contributed by atoms with Gasteiger partial charge in [0.05, 0.1) is 11.1 Å². The van der Waals surface area contributed by atoms with E-state index in [2.05, 4.69) is 0 Å². The molecule has 1 heterocycles. The first kappa shape index (κ1) is 12.5. The number of aliphatic carboxylic acids is 1.